The molecule has 0 saturated heterocycles. The highest BCUT2D eigenvalue weighted by atomic mass is 32.2. The molecule has 0 aliphatic carbocycles. The van der Waals surface area contributed by atoms with Crippen LogP contribution in [0.1, 0.15) is 43.4 Å². The largest absolute Gasteiger partial charge is 0.494 e. The quantitative estimate of drug-likeness (QED) is 0.514. The van der Waals surface area contributed by atoms with Crippen LogP contribution in [0.4, 0.5) is 13.2 Å². The van der Waals surface area contributed by atoms with Crippen molar-refractivity contribution >= 4 is 15.7 Å². The zero-order valence-corrected chi connectivity index (χ0v) is 18.3. The van der Waals surface area contributed by atoms with Gasteiger partial charge in [-0.15, -0.1) is 0 Å². The summed E-state index contributed by atoms with van der Waals surface area (Å²) >= 11 is 0. The number of sulfonamides is 1. The normalized spacial score (nSPS) is 15.1. The first kappa shape index (κ1) is 23.3. The van der Waals surface area contributed by atoms with E-state index in [9.17, 15) is 21.6 Å². The molecule has 31 heavy (non-hydrogen) atoms. The fourth-order valence-corrected chi connectivity index (χ4v) is 4.66. The van der Waals surface area contributed by atoms with E-state index in [1.807, 2.05) is 0 Å². The standard InChI is InChI=1S/C22H25F3N2O3S/c1-3-27(4-2)13-5-6-14-30-18-11-12-19-20(15-18)31(28,29)26-21(19)16-7-9-17(10-8-16)22(23,24)25/h7-12,15H,3-6,13-14H2,1-2H3. The maximum atomic E-state index is 12.8. The summed E-state index contributed by atoms with van der Waals surface area (Å²) in [6.45, 7) is 7.69. The van der Waals surface area contributed by atoms with Crippen LogP contribution in [0.25, 0.3) is 0 Å². The second-order valence-corrected chi connectivity index (χ2v) is 8.80. The average molecular weight is 455 g/mol. The van der Waals surface area contributed by atoms with Crippen LogP contribution >= 0.6 is 0 Å². The van der Waals surface area contributed by atoms with Crippen molar-refractivity contribution in [1.82, 2.24) is 4.90 Å². The lowest BCUT2D eigenvalue weighted by Crippen LogP contribution is -2.24. The first-order valence-electron chi connectivity index (χ1n) is 10.2. The summed E-state index contributed by atoms with van der Waals surface area (Å²) in [7, 11) is -3.94. The highest BCUT2D eigenvalue weighted by Crippen LogP contribution is 2.34. The third-order valence-corrected chi connectivity index (χ3v) is 6.53. The molecule has 0 atom stereocenters. The highest BCUT2D eigenvalue weighted by molar-refractivity contribution is 7.90. The van der Waals surface area contributed by atoms with Gasteiger partial charge in [-0.25, -0.2) is 0 Å². The number of unbranched alkanes of at least 4 members (excludes halogenated alkanes) is 1. The highest BCUT2D eigenvalue weighted by Gasteiger charge is 2.32. The molecule has 2 aromatic rings. The van der Waals surface area contributed by atoms with E-state index in [0.29, 0.717) is 23.5 Å². The number of halogens is 3. The predicted molar refractivity (Wildman–Crippen MR) is 113 cm³/mol. The van der Waals surface area contributed by atoms with E-state index in [4.69, 9.17) is 4.74 Å². The molecule has 0 saturated carbocycles. The molecule has 168 valence electrons. The molecule has 1 heterocycles. The van der Waals surface area contributed by atoms with Crippen molar-refractivity contribution in [1.29, 1.82) is 0 Å². The van der Waals surface area contributed by atoms with Crippen LogP contribution in [0.15, 0.2) is 51.8 Å². The van der Waals surface area contributed by atoms with E-state index >= 15 is 0 Å². The average Bonchev–Trinajstić information content (AvgIpc) is 3.01. The van der Waals surface area contributed by atoms with E-state index in [2.05, 4.69) is 23.1 Å². The molecule has 3 rings (SSSR count). The maximum absolute atomic E-state index is 12.8. The van der Waals surface area contributed by atoms with Gasteiger partial charge in [-0.05, 0) is 56.7 Å². The summed E-state index contributed by atoms with van der Waals surface area (Å²) in [4.78, 5) is 2.32. The van der Waals surface area contributed by atoms with Crippen molar-refractivity contribution in [3.63, 3.8) is 0 Å². The van der Waals surface area contributed by atoms with E-state index in [-0.39, 0.29) is 10.6 Å². The number of nitrogens with zero attached hydrogens (tertiary/aromatic N) is 2. The van der Waals surface area contributed by atoms with E-state index in [1.165, 1.54) is 18.2 Å². The van der Waals surface area contributed by atoms with Crippen LogP contribution in [0.2, 0.25) is 0 Å². The maximum Gasteiger partial charge on any atom is 0.416 e. The minimum atomic E-state index is -4.46. The molecular weight excluding hydrogens is 429 g/mol. The van der Waals surface area contributed by atoms with Gasteiger partial charge < -0.3 is 9.64 Å². The molecule has 9 heteroatoms. The van der Waals surface area contributed by atoms with Gasteiger partial charge in [-0.1, -0.05) is 26.0 Å². The third-order valence-electron chi connectivity index (χ3n) is 5.22. The molecule has 0 amide bonds. The molecule has 0 unspecified atom stereocenters. The van der Waals surface area contributed by atoms with Gasteiger partial charge in [0.1, 0.15) is 10.6 Å². The minimum absolute atomic E-state index is 0.00281. The zero-order valence-electron chi connectivity index (χ0n) is 17.4. The van der Waals surface area contributed by atoms with Gasteiger partial charge in [0.05, 0.1) is 17.9 Å². The van der Waals surface area contributed by atoms with Crippen LogP contribution in [0.3, 0.4) is 0 Å². The monoisotopic (exact) mass is 454 g/mol. The number of benzene rings is 2. The van der Waals surface area contributed by atoms with Gasteiger partial charge in [0.2, 0.25) is 0 Å². The number of hydrogen-bond donors (Lipinski definition) is 0. The number of alkyl halides is 3. The fraction of sp³-hybridized carbons (Fsp3) is 0.409. The van der Waals surface area contributed by atoms with Gasteiger partial charge in [-0.3, -0.25) is 0 Å². The van der Waals surface area contributed by atoms with Crippen molar-refractivity contribution in [2.24, 2.45) is 4.40 Å². The summed E-state index contributed by atoms with van der Waals surface area (Å²) < 4.78 is 72.9. The van der Waals surface area contributed by atoms with Crippen LogP contribution in [0.5, 0.6) is 5.75 Å². The van der Waals surface area contributed by atoms with Gasteiger partial charge in [0, 0.05) is 17.2 Å². The van der Waals surface area contributed by atoms with Gasteiger partial charge in [0.15, 0.2) is 0 Å². The molecule has 5 nitrogen and oxygen atoms in total. The van der Waals surface area contributed by atoms with Gasteiger partial charge in [0.25, 0.3) is 10.0 Å². The molecular formula is C22H25F3N2O3S. The second-order valence-electron chi connectivity index (χ2n) is 7.23. The molecule has 0 N–H and O–H groups in total. The Morgan fingerprint density at radius 1 is 1.00 bits per heavy atom. The van der Waals surface area contributed by atoms with Crippen molar-refractivity contribution in [3.05, 3.63) is 59.2 Å². The fourth-order valence-electron chi connectivity index (χ4n) is 3.41. The summed E-state index contributed by atoms with van der Waals surface area (Å²) in [5.74, 6) is 0.425. The first-order chi connectivity index (χ1) is 14.7. The minimum Gasteiger partial charge on any atom is -0.494 e. The molecule has 0 aromatic heterocycles. The molecule has 2 aromatic carbocycles. The van der Waals surface area contributed by atoms with Gasteiger partial charge >= 0.3 is 6.18 Å². The Morgan fingerprint density at radius 2 is 1.68 bits per heavy atom. The summed E-state index contributed by atoms with van der Waals surface area (Å²) in [5, 5.41) is 0. The smallest absolute Gasteiger partial charge is 0.416 e. The van der Waals surface area contributed by atoms with Crippen LogP contribution in [-0.2, 0) is 16.2 Å². The van der Waals surface area contributed by atoms with Crippen LogP contribution in [0, 0.1) is 0 Å². The lowest BCUT2D eigenvalue weighted by molar-refractivity contribution is -0.137. The molecule has 0 spiro atoms. The Kier molecular flexibility index (Phi) is 7.06. The van der Waals surface area contributed by atoms with Crippen molar-refractivity contribution in [2.75, 3.05) is 26.2 Å². The summed E-state index contributed by atoms with van der Waals surface area (Å²) in [6, 6.07) is 8.95. The number of ether oxygens (including phenoxy) is 1. The molecule has 0 radical (unpaired) electrons. The molecule has 1 aliphatic heterocycles. The predicted octanol–water partition coefficient (Wildman–Crippen LogP) is 4.75. The first-order valence-corrected chi connectivity index (χ1v) is 11.6. The SMILES string of the molecule is CCN(CC)CCCCOc1ccc2c(c1)S(=O)(=O)N=C2c1ccc(C(F)(F)F)cc1. The van der Waals surface area contributed by atoms with Crippen LogP contribution < -0.4 is 4.74 Å². The number of hydrogen-bond acceptors (Lipinski definition) is 4. The Labute approximate surface area is 180 Å². The molecule has 0 bridgehead atoms. The Morgan fingerprint density at radius 3 is 2.29 bits per heavy atom. The lowest BCUT2D eigenvalue weighted by Gasteiger charge is -2.17. The Bertz CT molecular complexity index is 1040. The number of rotatable bonds is 9. The molecule has 0 fully saturated rings. The third kappa shape index (κ3) is 5.46. The summed E-state index contributed by atoms with van der Waals surface area (Å²) in [5.41, 5.74) is -0.00814. The van der Waals surface area contributed by atoms with Crippen molar-refractivity contribution in [3.8, 4) is 5.75 Å². The zero-order chi connectivity index (χ0) is 22.6. The Hall–Kier alpha value is -2.39. The number of fused-ring (bicyclic) bond motifs is 1. The van der Waals surface area contributed by atoms with Crippen LogP contribution in [-0.4, -0.2) is 45.3 Å². The van der Waals surface area contributed by atoms with E-state index in [0.717, 1.165) is 44.6 Å². The van der Waals surface area contributed by atoms with Crippen molar-refractivity contribution < 1.29 is 26.3 Å². The van der Waals surface area contributed by atoms with Crippen molar-refractivity contribution in [2.45, 2.75) is 37.8 Å². The van der Waals surface area contributed by atoms with E-state index in [1.54, 1.807) is 12.1 Å². The lowest BCUT2D eigenvalue weighted by atomic mass is 10.0. The summed E-state index contributed by atoms with van der Waals surface area (Å²) in [6.07, 6.45) is -2.64. The Balaban J connectivity index is 1.70. The van der Waals surface area contributed by atoms with E-state index < -0.39 is 21.8 Å². The van der Waals surface area contributed by atoms with Gasteiger partial charge in [-0.2, -0.15) is 26.0 Å². The molecule has 1 aliphatic rings. The topological polar surface area (TPSA) is 59.0 Å². The second kappa shape index (κ2) is 9.40.